The fraction of sp³-hybridized carbons (Fsp3) is 0.462. The fourth-order valence-electron chi connectivity index (χ4n) is 1.60. The van der Waals surface area contributed by atoms with E-state index >= 15 is 0 Å². The molecule has 0 unspecified atom stereocenters. The average Bonchev–Trinajstić information content (AvgIpc) is 2.99. The fourth-order valence-corrected chi connectivity index (χ4v) is 1.60. The summed E-state index contributed by atoms with van der Waals surface area (Å²) in [7, 11) is 0. The predicted octanol–water partition coefficient (Wildman–Crippen LogP) is 1.33. The maximum Gasteiger partial charge on any atom is 0.291 e. The number of amides is 1. The summed E-state index contributed by atoms with van der Waals surface area (Å²) in [4.78, 5) is 16.1. The first-order valence-electron chi connectivity index (χ1n) is 6.28. The molecule has 0 saturated heterocycles. The summed E-state index contributed by atoms with van der Waals surface area (Å²) >= 11 is 0. The zero-order valence-electron chi connectivity index (χ0n) is 11.5. The summed E-state index contributed by atoms with van der Waals surface area (Å²) in [6.07, 6.45) is 3.91. The number of H-pyrrole nitrogens is 1. The number of hydrogen-bond donors (Lipinski definition) is 2. The van der Waals surface area contributed by atoms with Crippen molar-refractivity contribution in [2.45, 2.75) is 32.7 Å². The largest absolute Gasteiger partial charge is 0.353 e. The number of nitrogens with zero attached hydrogens (tertiary/aromatic N) is 3. The standard InChI is InChI=1S/C13H19N5O/c1-13(2,3)12-15-10(16-17-12)11(19)14-6-9-18-7-4-5-8-18/h4-5,7-8H,6,9H2,1-3H3,(H,14,19)(H,15,16,17). The van der Waals surface area contributed by atoms with E-state index in [9.17, 15) is 4.79 Å². The Bertz CT molecular complexity index is 536. The van der Waals surface area contributed by atoms with Crippen LogP contribution in [-0.4, -0.2) is 32.2 Å². The van der Waals surface area contributed by atoms with Crippen LogP contribution >= 0.6 is 0 Å². The Morgan fingerprint density at radius 2 is 2.05 bits per heavy atom. The van der Waals surface area contributed by atoms with Gasteiger partial charge in [-0.25, -0.2) is 4.98 Å². The first-order chi connectivity index (χ1) is 8.97. The molecule has 0 atom stereocenters. The van der Waals surface area contributed by atoms with Crippen LogP contribution in [0.2, 0.25) is 0 Å². The monoisotopic (exact) mass is 261 g/mol. The molecule has 0 spiro atoms. The molecule has 2 heterocycles. The molecule has 0 fully saturated rings. The van der Waals surface area contributed by atoms with E-state index in [4.69, 9.17) is 0 Å². The van der Waals surface area contributed by atoms with Crippen molar-refractivity contribution in [1.29, 1.82) is 0 Å². The highest BCUT2D eigenvalue weighted by atomic mass is 16.2. The van der Waals surface area contributed by atoms with Crippen molar-refractivity contribution in [3.05, 3.63) is 36.2 Å². The molecule has 2 N–H and O–H groups in total. The van der Waals surface area contributed by atoms with Crippen LogP contribution in [0.4, 0.5) is 0 Å². The van der Waals surface area contributed by atoms with Crippen LogP contribution in [0.5, 0.6) is 0 Å². The molecule has 0 aliphatic carbocycles. The van der Waals surface area contributed by atoms with Gasteiger partial charge in [0, 0.05) is 30.9 Å². The van der Waals surface area contributed by atoms with Gasteiger partial charge in [0.1, 0.15) is 5.82 Å². The minimum Gasteiger partial charge on any atom is -0.353 e. The third-order valence-corrected chi connectivity index (χ3v) is 2.72. The van der Waals surface area contributed by atoms with Gasteiger partial charge in [0.05, 0.1) is 0 Å². The van der Waals surface area contributed by atoms with Gasteiger partial charge in [0.25, 0.3) is 5.91 Å². The Balaban J connectivity index is 1.88. The van der Waals surface area contributed by atoms with Crippen molar-refractivity contribution in [3.8, 4) is 0 Å². The van der Waals surface area contributed by atoms with Gasteiger partial charge in [0.15, 0.2) is 0 Å². The summed E-state index contributed by atoms with van der Waals surface area (Å²) in [5, 5.41) is 9.54. The summed E-state index contributed by atoms with van der Waals surface area (Å²) in [6, 6.07) is 3.90. The van der Waals surface area contributed by atoms with Crippen LogP contribution in [0.25, 0.3) is 0 Å². The van der Waals surface area contributed by atoms with Gasteiger partial charge in [-0.05, 0) is 12.1 Å². The second-order valence-electron chi connectivity index (χ2n) is 5.43. The molecule has 19 heavy (non-hydrogen) atoms. The molecular weight excluding hydrogens is 242 g/mol. The van der Waals surface area contributed by atoms with E-state index in [0.29, 0.717) is 12.4 Å². The zero-order chi connectivity index (χ0) is 13.9. The molecule has 0 aliphatic heterocycles. The van der Waals surface area contributed by atoms with Crippen LogP contribution in [0.3, 0.4) is 0 Å². The van der Waals surface area contributed by atoms with Gasteiger partial charge in [-0.15, -0.1) is 5.10 Å². The van der Waals surface area contributed by atoms with Crippen LogP contribution in [0.15, 0.2) is 24.5 Å². The maximum atomic E-state index is 11.8. The lowest BCUT2D eigenvalue weighted by molar-refractivity contribution is 0.0942. The van der Waals surface area contributed by atoms with Gasteiger partial charge in [-0.2, -0.15) is 0 Å². The molecule has 0 saturated carbocycles. The molecule has 102 valence electrons. The van der Waals surface area contributed by atoms with Crippen LogP contribution in [0.1, 0.15) is 37.2 Å². The Hall–Kier alpha value is -2.11. The molecule has 2 aromatic rings. The van der Waals surface area contributed by atoms with Crippen molar-refractivity contribution in [2.75, 3.05) is 6.54 Å². The molecule has 0 aliphatic rings. The number of aromatic nitrogens is 4. The lowest BCUT2D eigenvalue weighted by atomic mass is 9.96. The summed E-state index contributed by atoms with van der Waals surface area (Å²) in [5.74, 6) is 0.652. The van der Waals surface area contributed by atoms with E-state index in [-0.39, 0.29) is 17.1 Å². The number of nitrogens with one attached hydrogen (secondary N) is 2. The third-order valence-electron chi connectivity index (χ3n) is 2.72. The summed E-state index contributed by atoms with van der Waals surface area (Å²) < 4.78 is 2.00. The van der Waals surface area contributed by atoms with Gasteiger partial charge in [-0.1, -0.05) is 20.8 Å². The average molecular weight is 261 g/mol. The Labute approximate surface area is 112 Å². The molecular formula is C13H19N5O. The molecule has 0 radical (unpaired) electrons. The minimum absolute atomic E-state index is 0.142. The second-order valence-corrected chi connectivity index (χ2v) is 5.43. The topological polar surface area (TPSA) is 75.6 Å². The van der Waals surface area contributed by atoms with Crippen molar-refractivity contribution >= 4 is 5.91 Å². The Morgan fingerprint density at radius 1 is 1.37 bits per heavy atom. The van der Waals surface area contributed by atoms with Crippen molar-refractivity contribution in [2.24, 2.45) is 0 Å². The first kappa shape index (κ1) is 13.3. The Kier molecular flexibility index (Phi) is 3.69. The third kappa shape index (κ3) is 3.43. The van der Waals surface area contributed by atoms with Crippen molar-refractivity contribution in [1.82, 2.24) is 25.1 Å². The lowest BCUT2D eigenvalue weighted by Crippen LogP contribution is -2.28. The Morgan fingerprint density at radius 3 is 2.63 bits per heavy atom. The quantitative estimate of drug-likeness (QED) is 0.872. The van der Waals surface area contributed by atoms with E-state index < -0.39 is 0 Å². The SMILES string of the molecule is CC(C)(C)c1nc(C(=O)NCCn2cccc2)n[nH]1. The van der Waals surface area contributed by atoms with Crippen LogP contribution in [-0.2, 0) is 12.0 Å². The number of carbonyl (C=O) groups excluding carboxylic acids is 1. The smallest absolute Gasteiger partial charge is 0.291 e. The van der Waals surface area contributed by atoms with Crippen LogP contribution in [0, 0.1) is 0 Å². The van der Waals surface area contributed by atoms with E-state index in [0.717, 1.165) is 6.54 Å². The van der Waals surface area contributed by atoms with E-state index in [2.05, 4.69) is 20.5 Å². The second kappa shape index (κ2) is 5.26. The predicted molar refractivity (Wildman–Crippen MR) is 71.8 cm³/mol. The highest BCUT2D eigenvalue weighted by Gasteiger charge is 2.20. The van der Waals surface area contributed by atoms with Gasteiger partial charge in [0.2, 0.25) is 5.82 Å². The van der Waals surface area contributed by atoms with Crippen molar-refractivity contribution in [3.63, 3.8) is 0 Å². The number of aromatic amines is 1. The molecule has 2 aromatic heterocycles. The zero-order valence-corrected chi connectivity index (χ0v) is 11.5. The number of hydrogen-bond acceptors (Lipinski definition) is 3. The number of carbonyl (C=O) groups is 1. The van der Waals surface area contributed by atoms with Crippen molar-refractivity contribution < 1.29 is 4.79 Å². The van der Waals surface area contributed by atoms with E-state index in [1.807, 2.05) is 49.9 Å². The molecule has 6 heteroatoms. The highest BCUT2D eigenvalue weighted by molar-refractivity contribution is 5.90. The van der Waals surface area contributed by atoms with Crippen LogP contribution < -0.4 is 5.32 Å². The van der Waals surface area contributed by atoms with Gasteiger partial charge >= 0.3 is 0 Å². The van der Waals surface area contributed by atoms with Gasteiger partial charge < -0.3 is 9.88 Å². The minimum atomic E-state index is -0.251. The van der Waals surface area contributed by atoms with E-state index in [1.165, 1.54) is 0 Å². The highest BCUT2D eigenvalue weighted by Crippen LogP contribution is 2.17. The normalized spacial score (nSPS) is 11.5. The molecule has 1 amide bonds. The lowest BCUT2D eigenvalue weighted by Gasteiger charge is -2.12. The molecule has 2 rings (SSSR count). The summed E-state index contributed by atoms with van der Waals surface area (Å²) in [6.45, 7) is 7.33. The molecule has 6 nitrogen and oxygen atoms in total. The van der Waals surface area contributed by atoms with E-state index in [1.54, 1.807) is 0 Å². The first-order valence-corrected chi connectivity index (χ1v) is 6.28. The maximum absolute atomic E-state index is 11.8. The summed E-state index contributed by atoms with van der Waals surface area (Å²) in [5.41, 5.74) is -0.142. The van der Waals surface area contributed by atoms with Gasteiger partial charge in [-0.3, -0.25) is 9.89 Å². The molecule has 0 aromatic carbocycles. The number of rotatable bonds is 4. The molecule has 0 bridgehead atoms.